The van der Waals surface area contributed by atoms with Gasteiger partial charge < -0.3 is 10.5 Å². The Labute approximate surface area is 172 Å². The van der Waals surface area contributed by atoms with E-state index >= 15 is 0 Å². The average Bonchev–Trinajstić information content (AvgIpc) is 3.14. The fraction of sp³-hybridized carbons (Fsp3) is 0.217. The van der Waals surface area contributed by atoms with Crippen LogP contribution in [-0.4, -0.2) is 35.5 Å². The molecule has 1 atom stereocenters. The molecular formula is C23H21N3O2S. The quantitative estimate of drug-likeness (QED) is 0.556. The second-order valence-corrected chi connectivity index (χ2v) is 8.34. The number of morpholine rings is 1. The number of hydrogen-bond acceptors (Lipinski definition) is 5. The minimum Gasteiger partial charge on any atom is -0.371 e. The van der Waals surface area contributed by atoms with E-state index in [-0.39, 0.29) is 12.0 Å². The zero-order chi connectivity index (χ0) is 19.8. The molecule has 0 unspecified atom stereocenters. The molecule has 146 valence electrons. The number of benzene rings is 2. The van der Waals surface area contributed by atoms with Crippen molar-refractivity contribution in [3.05, 3.63) is 76.8 Å². The van der Waals surface area contributed by atoms with E-state index in [1.54, 1.807) is 0 Å². The summed E-state index contributed by atoms with van der Waals surface area (Å²) in [4.78, 5) is 19.7. The average molecular weight is 404 g/mol. The van der Waals surface area contributed by atoms with Crippen LogP contribution in [0.5, 0.6) is 0 Å². The van der Waals surface area contributed by atoms with E-state index in [0.29, 0.717) is 18.0 Å². The number of para-hydroxylation sites is 1. The molecule has 0 saturated carbocycles. The van der Waals surface area contributed by atoms with Gasteiger partial charge in [-0.15, -0.1) is 11.3 Å². The number of primary amides is 1. The molecule has 2 aromatic heterocycles. The lowest BCUT2D eigenvalue weighted by Gasteiger charge is -2.33. The number of nitrogens with two attached hydrogens (primary N) is 1. The SMILES string of the molecule is NC(=O)c1sc2ccccc2c1[C@@H]1CN(Cc2cccc3cccnc23)CCO1. The molecule has 1 fully saturated rings. The summed E-state index contributed by atoms with van der Waals surface area (Å²) in [6.45, 7) is 2.96. The van der Waals surface area contributed by atoms with Gasteiger partial charge in [-0.1, -0.05) is 42.5 Å². The van der Waals surface area contributed by atoms with Crippen molar-refractivity contribution in [3.63, 3.8) is 0 Å². The highest BCUT2D eigenvalue weighted by molar-refractivity contribution is 7.21. The number of aromatic nitrogens is 1. The summed E-state index contributed by atoms with van der Waals surface area (Å²) in [5, 5.41) is 2.21. The summed E-state index contributed by atoms with van der Waals surface area (Å²) in [6, 6.07) is 18.4. The van der Waals surface area contributed by atoms with Crippen molar-refractivity contribution in [2.24, 2.45) is 5.73 Å². The Morgan fingerprint density at radius 3 is 2.93 bits per heavy atom. The molecule has 4 aromatic rings. The predicted molar refractivity (Wildman–Crippen MR) is 116 cm³/mol. The van der Waals surface area contributed by atoms with E-state index in [9.17, 15) is 4.79 Å². The summed E-state index contributed by atoms with van der Waals surface area (Å²) in [5.74, 6) is -0.389. The maximum atomic E-state index is 12.1. The third kappa shape index (κ3) is 3.40. The topological polar surface area (TPSA) is 68.5 Å². The molecule has 1 aliphatic heterocycles. The van der Waals surface area contributed by atoms with Gasteiger partial charge in [-0.3, -0.25) is 14.7 Å². The smallest absolute Gasteiger partial charge is 0.259 e. The zero-order valence-electron chi connectivity index (χ0n) is 15.9. The van der Waals surface area contributed by atoms with Crippen LogP contribution in [0.4, 0.5) is 0 Å². The van der Waals surface area contributed by atoms with E-state index in [1.165, 1.54) is 16.9 Å². The van der Waals surface area contributed by atoms with Crippen molar-refractivity contribution < 1.29 is 9.53 Å². The highest BCUT2D eigenvalue weighted by Gasteiger charge is 2.29. The van der Waals surface area contributed by atoms with E-state index < -0.39 is 0 Å². The Hall–Kier alpha value is -2.80. The number of thiophene rings is 1. The van der Waals surface area contributed by atoms with Gasteiger partial charge >= 0.3 is 0 Å². The van der Waals surface area contributed by atoms with Gasteiger partial charge in [-0.2, -0.15) is 0 Å². The van der Waals surface area contributed by atoms with Gasteiger partial charge in [-0.25, -0.2) is 0 Å². The number of fused-ring (bicyclic) bond motifs is 2. The van der Waals surface area contributed by atoms with Crippen molar-refractivity contribution in [3.8, 4) is 0 Å². The standard InChI is InChI=1S/C23H21N3O2S/c24-23(27)22-20(17-8-1-2-9-19(17)29-22)18-14-26(11-12-28-18)13-16-6-3-5-15-7-4-10-25-21(15)16/h1-10,18H,11-14H2,(H2,24,27)/t18-/m0/s1. The molecule has 5 nitrogen and oxygen atoms in total. The van der Waals surface area contributed by atoms with E-state index in [0.717, 1.165) is 39.6 Å². The summed E-state index contributed by atoms with van der Waals surface area (Å²) in [5.41, 5.74) is 8.87. The Balaban J connectivity index is 1.46. The second-order valence-electron chi connectivity index (χ2n) is 7.29. The van der Waals surface area contributed by atoms with Crippen LogP contribution in [-0.2, 0) is 11.3 Å². The molecule has 1 saturated heterocycles. The summed E-state index contributed by atoms with van der Waals surface area (Å²) >= 11 is 1.45. The molecule has 6 heteroatoms. The van der Waals surface area contributed by atoms with Crippen molar-refractivity contribution >= 4 is 38.2 Å². The molecule has 2 N–H and O–H groups in total. The van der Waals surface area contributed by atoms with Crippen molar-refractivity contribution in [2.45, 2.75) is 12.6 Å². The molecule has 1 aliphatic rings. The van der Waals surface area contributed by atoms with Gasteiger partial charge in [-0.05, 0) is 23.1 Å². The Morgan fingerprint density at radius 1 is 1.17 bits per heavy atom. The minimum absolute atomic E-state index is 0.176. The van der Waals surface area contributed by atoms with Gasteiger partial charge in [0.15, 0.2) is 0 Å². The molecule has 3 heterocycles. The highest BCUT2D eigenvalue weighted by Crippen LogP contribution is 2.38. The number of hydrogen-bond donors (Lipinski definition) is 1. The molecule has 0 bridgehead atoms. The number of carbonyl (C=O) groups excluding carboxylic acids is 1. The zero-order valence-corrected chi connectivity index (χ0v) is 16.7. The lowest BCUT2D eigenvalue weighted by atomic mass is 10.0. The lowest BCUT2D eigenvalue weighted by Crippen LogP contribution is -2.38. The minimum atomic E-state index is -0.389. The van der Waals surface area contributed by atoms with E-state index in [2.05, 4.69) is 34.1 Å². The fourth-order valence-corrected chi connectivity index (χ4v) is 5.23. The Bertz CT molecular complexity index is 1200. The Kier molecular flexibility index (Phi) is 4.75. The largest absolute Gasteiger partial charge is 0.371 e. The van der Waals surface area contributed by atoms with Gasteiger partial charge in [0.05, 0.1) is 23.1 Å². The van der Waals surface area contributed by atoms with Crippen LogP contribution >= 0.6 is 11.3 Å². The van der Waals surface area contributed by atoms with Crippen molar-refractivity contribution in [2.75, 3.05) is 19.7 Å². The maximum Gasteiger partial charge on any atom is 0.259 e. The molecule has 0 radical (unpaired) electrons. The van der Waals surface area contributed by atoms with Crippen molar-refractivity contribution in [1.82, 2.24) is 9.88 Å². The van der Waals surface area contributed by atoms with Gasteiger partial charge in [0.2, 0.25) is 0 Å². The van der Waals surface area contributed by atoms with Crippen LogP contribution in [0.25, 0.3) is 21.0 Å². The predicted octanol–water partition coefficient (Wildman–Crippen LogP) is 4.12. The number of rotatable bonds is 4. The van der Waals surface area contributed by atoms with Crippen LogP contribution in [0, 0.1) is 0 Å². The maximum absolute atomic E-state index is 12.1. The van der Waals surface area contributed by atoms with Crippen LogP contribution in [0.15, 0.2) is 60.8 Å². The molecular weight excluding hydrogens is 382 g/mol. The Morgan fingerprint density at radius 2 is 2.03 bits per heavy atom. The molecule has 2 aromatic carbocycles. The number of amides is 1. The number of pyridine rings is 1. The van der Waals surface area contributed by atoms with E-state index in [4.69, 9.17) is 10.5 Å². The first-order valence-corrected chi connectivity index (χ1v) is 10.5. The fourth-order valence-electron chi connectivity index (χ4n) is 4.12. The van der Waals surface area contributed by atoms with Gasteiger partial charge in [0, 0.05) is 41.5 Å². The third-order valence-electron chi connectivity index (χ3n) is 5.44. The number of nitrogens with zero attached hydrogens (tertiary/aromatic N) is 2. The highest BCUT2D eigenvalue weighted by atomic mass is 32.1. The second kappa shape index (κ2) is 7.55. The van der Waals surface area contributed by atoms with Crippen molar-refractivity contribution in [1.29, 1.82) is 0 Å². The monoisotopic (exact) mass is 403 g/mol. The van der Waals surface area contributed by atoms with Gasteiger partial charge in [0.25, 0.3) is 5.91 Å². The first kappa shape index (κ1) is 18.2. The molecule has 1 amide bonds. The first-order chi connectivity index (χ1) is 14.2. The number of ether oxygens (including phenoxy) is 1. The molecule has 29 heavy (non-hydrogen) atoms. The summed E-state index contributed by atoms with van der Waals surface area (Å²) in [7, 11) is 0. The lowest BCUT2D eigenvalue weighted by molar-refractivity contribution is -0.0321. The molecule has 0 aliphatic carbocycles. The normalized spacial score (nSPS) is 17.7. The van der Waals surface area contributed by atoms with Crippen LogP contribution in [0.1, 0.15) is 26.9 Å². The molecule has 5 rings (SSSR count). The van der Waals surface area contributed by atoms with E-state index in [1.807, 2.05) is 36.5 Å². The molecule has 0 spiro atoms. The van der Waals surface area contributed by atoms with Crippen LogP contribution in [0.2, 0.25) is 0 Å². The third-order valence-corrected chi connectivity index (χ3v) is 6.64. The van der Waals surface area contributed by atoms with Gasteiger partial charge in [0.1, 0.15) is 0 Å². The number of carbonyl (C=O) groups is 1. The summed E-state index contributed by atoms with van der Waals surface area (Å²) in [6.07, 6.45) is 1.66. The first-order valence-electron chi connectivity index (χ1n) is 9.68. The van der Waals surface area contributed by atoms with Crippen LogP contribution < -0.4 is 5.73 Å². The van der Waals surface area contributed by atoms with Crippen LogP contribution in [0.3, 0.4) is 0 Å². The summed E-state index contributed by atoms with van der Waals surface area (Å²) < 4.78 is 7.18.